The van der Waals surface area contributed by atoms with Gasteiger partial charge < -0.3 is 19.3 Å². The molecule has 1 aromatic carbocycles. The quantitative estimate of drug-likeness (QED) is 0.901. The van der Waals surface area contributed by atoms with Crippen LogP contribution in [-0.2, 0) is 6.54 Å². The summed E-state index contributed by atoms with van der Waals surface area (Å²) in [6.45, 7) is 0.709. The summed E-state index contributed by atoms with van der Waals surface area (Å²) in [6, 6.07) is 7.05. The van der Waals surface area contributed by atoms with Crippen molar-refractivity contribution in [2.45, 2.75) is 6.54 Å². The molecular weight excluding hydrogens is 260 g/mol. The summed E-state index contributed by atoms with van der Waals surface area (Å²) in [4.78, 5) is 12.9. The number of hydrogen-bond donors (Lipinski definition) is 1. The summed E-state index contributed by atoms with van der Waals surface area (Å²) in [6.07, 6.45) is 0. The van der Waals surface area contributed by atoms with E-state index < -0.39 is 5.97 Å². The fourth-order valence-corrected chi connectivity index (χ4v) is 2.00. The Morgan fingerprint density at radius 1 is 1.45 bits per heavy atom. The maximum Gasteiger partial charge on any atom is 0.374 e. The zero-order valence-corrected chi connectivity index (χ0v) is 11.6. The molecule has 1 heterocycles. The van der Waals surface area contributed by atoms with E-state index in [0.29, 0.717) is 23.6 Å². The number of methoxy groups -OCH3 is 1. The van der Waals surface area contributed by atoms with Crippen LogP contribution in [0.5, 0.6) is 5.75 Å². The van der Waals surface area contributed by atoms with E-state index >= 15 is 0 Å². The summed E-state index contributed by atoms with van der Waals surface area (Å²) in [5.74, 6) is -0.668. The smallest absolute Gasteiger partial charge is 0.374 e. The van der Waals surface area contributed by atoms with Crippen LogP contribution in [0.3, 0.4) is 0 Å². The van der Waals surface area contributed by atoms with Gasteiger partial charge in [0.05, 0.1) is 7.11 Å². The lowest BCUT2D eigenvalue weighted by atomic mass is 10.1. The van der Waals surface area contributed by atoms with Crippen LogP contribution in [0, 0.1) is 0 Å². The minimum Gasteiger partial charge on any atom is -0.496 e. The minimum atomic E-state index is -1.15. The van der Waals surface area contributed by atoms with Gasteiger partial charge in [0, 0.05) is 23.7 Å². The molecule has 0 saturated heterocycles. The molecule has 0 fully saturated rings. The molecule has 2 rings (SSSR count). The normalized spacial score (nSPS) is 10.8. The monoisotopic (exact) mass is 276 g/mol. The third kappa shape index (κ3) is 2.80. The van der Waals surface area contributed by atoms with Crippen LogP contribution in [0.25, 0.3) is 11.3 Å². The van der Waals surface area contributed by atoms with E-state index in [9.17, 15) is 4.79 Å². The third-order valence-electron chi connectivity index (χ3n) is 2.78. The van der Waals surface area contributed by atoms with E-state index in [1.165, 1.54) is 6.07 Å². The van der Waals surface area contributed by atoms with E-state index in [1.54, 1.807) is 7.11 Å². The average Bonchev–Trinajstić information content (AvgIpc) is 2.87. The molecule has 1 N–H and O–H groups in total. The van der Waals surface area contributed by atoms with E-state index in [1.807, 2.05) is 37.2 Å². The Balaban J connectivity index is 2.47. The Labute approximate surface area is 116 Å². The second kappa shape index (κ2) is 5.75. The Hall–Kier alpha value is -2.34. The molecule has 0 aliphatic carbocycles. The Morgan fingerprint density at radius 3 is 2.75 bits per heavy atom. The van der Waals surface area contributed by atoms with Crippen molar-refractivity contribution in [3.8, 4) is 17.0 Å². The van der Waals surface area contributed by atoms with Gasteiger partial charge >= 0.3 is 5.97 Å². The van der Waals surface area contributed by atoms with Gasteiger partial charge in [0.2, 0.25) is 5.76 Å². The highest BCUT2D eigenvalue weighted by Crippen LogP contribution is 2.33. The molecule has 0 amide bonds. The highest BCUT2D eigenvalue weighted by atomic mass is 16.5. The number of ether oxygens (including phenoxy) is 1. The molecule has 20 heavy (non-hydrogen) atoms. The Bertz CT molecular complexity index is 619. The summed E-state index contributed by atoms with van der Waals surface area (Å²) in [5.41, 5.74) is 2.15. The highest BCUT2D eigenvalue weighted by molar-refractivity contribution is 5.86. The molecule has 0 saturated carbocycles. The molecule has 0 bridgehead atoms. The molecule has 0 unspecified atom stereocenters. The summed E-state index contributed by atoms with van der Waals surface area (Å²) >= 11 is 0. The first-order chi connectivity index (χ1) is 9.52. The van der Waals surface area contributed by atoms with E-state index in [2.05, 4.69) is 5.16 Å². The number of aromatic nitrogens is 1. The van der Waals surface area contributed by atoms with Gasteiger partial charge in [-0.05, 0) is 20.2 Å². The molecule has 6 heteroatoms. The van der Waals surface area contributed by atoms with Crippen molar-refractivity contribution >= 4 is 5.97 Å². The lowest BCUT2D eigenvalue weighted by Gasteiger charge is -2.15. The number of carbonyl (C=O) groups is 1. The topological polar surface area (TPSA) is 75.8 Å². The van der Waals surface area contributed by atoms with Crippen molar-refractivity contribution in [3.05, 3.63) is 35.6 Å². The number of carboxylic acid groups (broad SMARTS) is 1. The largest absolute Gasteiger partial charge is 0.496 e. The zero-order chi connectivity index (χ0) is 14.7. The number of rotatable bonds is 5. The van der Waals surface area contributed by atoms with E-state index in [-0.39, 0.29) is 5.76 Å². The van der Waals surface area contributed by atoms with Gasteiger partial charge in [-0.1, -0.05) is 17.3 Å². The first-order valence-corrected chi connectivity index (χ1v) is 6.04. The molecule has 0 radical (unpaired) electrons. The highest BCUT2D eigenvalue weighted by Gasteiger charge is 2.17. The standard InChI is InChI=1S/C14H16N2O4/c1-16(2)8-9-5-4-6-10(13(9)19-3)11-7-12(14(17)18)20-15-11/h4-7H,8H2,1-3H3,(H,17,18). The second-order valence-electron chi connectivity index (χ2n) is 4.62. The van der Waals surface area contributed by atoms with E-state index in [0.717, 1.165) is 5.56 Å². The number of benzene rings is 1. The van der Waals surface area contributed by atoms with Crippen LogP contribution in [-0.4, -0.2) is 42.3 Å². The van der Waals surface area contributed by atoms with Gasteiger partial charge in [0.25, 0.3) is 0 Å². The first-order valence-electron chi connectivity index (χ1n) is 6.04. The number of nitrogens with zero attached hydrogens (tertiary/aromatic N) is 2. The first kappa shape index (κ1) is 14.1. The predicted octanol–water partition coefficient (Wildman–Crippen LogP) is 2.11. The SMILES string of the molecule is COc1c(CN(C)C)cccc1-c1cc(C(=O)O)on1. The van der Waals surface area contributed by atoms with Gasteiger partial charge in [-0.25, -0.2) is 4.79 Å². The van der Waals surface area contributed by atoms with Crippen LogP contribution in [0.4, 0.5) is 0 Å². The van der Waals surface area contributed by atoms with Gasteiger partial charge in [-0.3, -0.25) is 0 Å². The minimum absolute atomic E-state index is 0.194. The molecule has 0 spiro atoms. The van der Waals surface area contributed by atoms with Crippen LogP contribution < -0.4 is 4.74 Å². The molecule has 106 valence electrons. The number of carboxylic acids is 1. The average molecular weight is 276 g/mol. The van der Waals surface area contributed by atoms with Crippen molar-refractivity contribution < 1.29 is 19.2 Å². The fourth-order valence-electron chi connectivity index (χ4n) is 2.00. The van der Waals surface area contributed by atoms with Crippen molar-refractivity contribution in [2.24, 2.45) is 0 Å². The second-order valence-corrected chi connectivity index (χ2v) is 4.62. The van der Waals surface area contributed by atoms with Crippen LogP contribution in [0.2, 0.25) is 0 Å². The molecule has 6 nitrogen and oxygen atoms in total. The van der Waals surface area contributed by atoms with Crippen molar-refractivity contribution in [1.82, 2.24) is 10.1 Å². The number of hydrogen-bond acceptors (Lipinski definition) is 5. The summed E-state index contributed by atoms with van der Waals surface area (Å²) < 4.78 is 10.2. The van der Waals surface area contributed by atoms with Crippen LogP contribution in [0.15, 0.2) is 28.8 Å². The van der Waals surface area contributed by atoms with Crippen molar-refractivity contribution in [3.63, 3.8) is 0 Å². The van der Waals surface area contributed by atoms with Crippen LogP contribution in [0.1, 0.15) is 16.1 Å². The molecule has 2 aromatic rings. The van der Waals surface area contributed by atoms with Gasteiger partial charge in [0.15, 0.2) is 0 Å². The van der Waals surface area contributed by atoms with E-state index in [4.69, 9.17) is 14.4 Å². The fraction of sp³-hybridized carbons (Fsp3) is 0.286. The van der Waals surface area contributed by atoms with Crippen LogP contribution >= 0.6 is 0 Å². The maximum atomic E-state index is 10.8. The van der Waals surface area contributed by atoms with Gasteiger partial charge in [0.1, 0.15) is 11.4 Å². The number of para-hydroxylation sites is 1. The Morgan fingerprint density at radius 2 is 2.20 bits per heavy atom. The molecule has 1 aromatic heterocycles. The van der Waals surface area contributed by atoms with Crippen molar-refractivity contribution in [1.29, 1.82) is 0 Å². The maximum absolute atomic E-state index is 10.8. The zero-order valence-electron chi connectivity index (χ0n) is 11.6. The van der Waals surface area contributed by atoms with Gasteiger partial charge in [-0.2, -0.15) is 0 Å². The molecule has 0 aliphatic rings. The van der Waals surface area contributed by atoms with Crippen molar-refractivity contribution in [2.75, 3.05) is 21.2 Å². The third-order valence-corrected chi connectivity index (χ3v) is 2.78. The molecule has 0 aliphatic heterocycles. The summed E-state index contributed by atoms with van der Waals surface area (Å²) in [7, 11) is 5.51. The lowest BCUT2D eigenvalue weighted by Crippen LogP contribution is -2.11. The molecular formula is C14H16N2O4. The summed E-state index contributed by atoms with van der Waals surface area (Å²) in [5, 5.41) is 12.7. The lowest BCUT2D eigenvalue weighted by molar-refractivity contribution is 0.0652. The van der Waals surface area contributed by atoms with Gasteiger partial charge in [-0.15, -0.1) is 0 Å². The Kier molecular flexibility index (Phi) is 4.05. The number of aromatic carboxylic acids is 1. The predicted molar refractivity (Wildman–Crippen MR) is 72.8 cm³/mol. The molecule has 0 atom stereocenters.